The fourth-order valence-corrected chi connectivity index (χ4v) is 1.17. The van der Waals surface area contributed by atoms with Crippen LogP contribution in [0.1, 0.15) is 20.8 Å². The summed E-state index contributed by atoms with van der Waals surface area (Å²) in [5, 5.41) is 11.7. The summed E-state index contributed by atoms with van der Waals surface area (Å²) in [5.41, 5.74) is -2.31. The van der Waals surface area contributed by atoms with Crippen molar-refractivity contribution in [1.82, 2.24) is 0 Å². The zero-order chi connectivity index (χ0) is 15.6. The summed E-state index contributed by atoms with van der Waals surface area (Å²) < 4.78 is 51.2. The second kappa shape index (κ2) is 7.87. The van der Waals surface area contributed by atoms with E-state index in [1.165, 1.54) is 20.8 Å². The molecule has 0 heterocycles. The predicted octanol–water partition coefficient (Wildman–Crippen LogP) is 0.755. The van der Waals surface area contributed by atoms with Crippen molar-refractivity contribution >= 4 is 11.4 Å². The maximum absolute atomic E-state index is 12.8. The van der Waals surface area contributed by atoms with Crippen molar-refractivity contribution in [2.24, 2.45) is 10.4 Å². The zero-order valence-electron chi connectivity index (χ0n) is 12.3. The first-order valence-corrected chi connectivity index (χ1v) is 5.81. The second-order valence-electron chi connectivity index (χ2n) is 5.23. The molecule has 0 saturated carbocycles. The van der Waals surface area contributed by atoms with Gasteiger partial charge in [0.25, 0.3) is 0 Å². The molecule has 1 aromatic rings. The fraction of sp³-hybridized carbons (Fsp3) is 0.357. The van der Waals surface area contributed by atoms with Gasteiger partial charge in [0.2, 0.25) is 0 Å². The van der Waals surface area contributed by atoms with E-state index < -0.39 is 28.9 Å². The number of halogens is 4. The number of nitrogens with zero attached hydrogens (tertiary/aromatic N) is 1. The van der Waals surface area contributed by atoms with E-state index in [9.17, 15) is 22.7 Å². The number of hydrogen-bond acceptors (Lipinski definition) is 2. The normalized spacial score (nSPS) is 13.9. The summed E-state index contributed by atoms with van der Waals surface area (Å²) in [6, 6.07) is 4.21. The molecule has 0 amide bonds. The summed E-state index contributed by atoms with van der Waals surface area (Å²) in [5.74, 6) is -1.26. The van der Waals surface area contributed by atoms with Gasteiger partial charge in [0.15, 0.2) is 0 Å². The first-order chi connectivity index (χ1) is 9.00. The molecular weight excluding hydrogens is 313 g/mol. The molecule has 0 aliphatic rings. The van der Waals surface area contributed by atoms with Crippen LogP contribution >= 0.6 is 0 Å². The van der Waals surface area contributed by atoms with Crippen molar-refractivity contribution in [3.63, 3.8) is 0 Å². The molecule has 0 bridgehead atoms. The minimum Gasteiger partial charge on any atom is -0.875 e. The van der Waals surface area contributed by atoms with Crippen molar-refractivity contribution < 1.29 is 74.1 Å². The monoisotopic (exact) mass is 327 g/mol. The third-order valence-electron chi connectivity index (χ3n) is 2.37. The van der Waals surface area contributed by atoms with E-state index in [0.717, 1.165) is 24.3 Å². The average Bonchev–Trinajstić information content (AvgIpc) is 2.28. The van der Waals surface area contributed by atoms with E-state index in [-0.39, 0.29) is 57.1 Å². The number of allylic oxidation sites excluding steroid dienone is 2. The van der Waals surface area contributed by atoms with E-state index in [2.05, 4.69) is 4.99 Å². The molecule has 0 saturated heterocycles. The second-order valence-corrected chi connectivity index (χ2v) is 5.23. The van der Waals surface area contributed by atoms with Crippen LogP contribution in [0, 0.1) is 11.2 Å². The van der Waals surface area contributed by atoms with Crippen molar-refractivity contribution in [3.8, 4) is 0 Å². The maximum Gasteiger partial charge on any atom is 1.00 e. The third kappa shape index (κ3) is 7.06. The van der Waals surface area contributed by atoms with Crippen LogP contribution in [0.4, 0.5) is 23.2 Å². The van der Waals surface area contributed by atoms with Gasteiger partial charge >= 0.3 is 57.6 Å². The van der Waals surface area contributed by atoms with Crippen LogP contribution in [0.15, 0.2) is 41.1 Å². The molecule has 0 fully saturated rings. The molecule has 1 aromatic carbocycles. The maximum atomic E-state index is 12.8. The Labute approximate surface area is 163 Å². The van der Waals surface area contributed by atoms with Crippen LogP contribution in [0.2, 0.25) is 0 Å². The number of benzene rings is 1. The Morgan fingerprint density at radius 3 is 1.95 bits per heavy atom. The van der Waals surface area contributed by atoms with Gasteiger partial charge in [-0.15, -0.1) is 5.76 Å². The van der Waals surface area contributed by atoms with Gasteiger partial charge in [0.1, 0.15) is 11.5 Å². The quantitative estimate of drug-likeness (QED) is 0.342. The minimum absolute atomic E-state index is 0. The largest absolute Gasteiger partial charge is 1.00 e. The van der Waals surface area contributed by atoms with E-state index in [1.54, 1.807) is 0 Å². The summed E-state index contributed by atoms with van der Waals surface area (Å²) in [6.45, 7) is 4.53. The van der Waals surface area contributed by atoms with Gasteiger partial charge in [-0.2, -0.15) is 13.2 Å². The van der Waals surface area contributed by atoms with Crippen LogP contribution in [-0.4, -0.2) is 11.9 Å². The Kier molecular flexibility index (Phi) is 7.79. The molecule has 7 heteroatoms. The molecule has 0 unspecified atom stereocenters. The molecule has 0 radical (unpaired) electrons. The van der Waals surface area contributed by atoms with Gasteiger partial charge in [-0.1, -0.05) is 20.8 Å². The van der Waals surface area contributed by atoms with E-state index in [4.69, 9.17) is 0 Å². The zero-order valence-corrected chi connectivity index (χ0v) is 15.4. The molecule has 0 aromatic heterocycles. The summed E-state index contributed by atoms with van der Waals surface area (Å²) >= 11 is 0. The van der Waals surface area contributed by atoms with Gasteiger partial charge in [0.05, 0.1) is 5.69 Å². The molecule has 0 N–H and O–H groups in total. The van der Waals surface area contributed by atoms with Crippen LogP contribution in [0.25, 0.3) is 0 Å². The Morgan fingerprint density at radius 1 is 1.10 bits per heavy atom. The van der Waals surface area contributed by atoms with Crippen molar-refractivity contribution in [2.45, 2.75) is 26.9 Å². The predicted molar refractivity (Wildman–Crippen MR) is 67.1 cm³/mol. The van der Waals surface area contributed by atoms with E-state index in [1.807, 2.05) is 0 Å². The molecule has 110 valence electrons. The van der Waals surface area contributed by atoms with Crippen LogP contribution in [0.3, 0.4) is 0 Å². The summed E-state index contributed by atoms with van der Waals surface area (Å²) in [6.07, 6.45) is -4.28. The van der Waals surface area contributed by atoms with Crippen LogP contribution < -0.4 is 56.5 Å². The molecule has 0 spiro atoms. The third-order valence-corrected chi connectivity index (χ3v) is 2.37. The standard InChI is InChI=1S/C14H15F4NO.K/c1-13(2,3)12(20)8-11(14(16,17)18)19-10-6-4-9(15)5-7-10;/h4-8,20H,1-3H3;/q;+1/p-1/b12-8-,19-11?;. The van der Waals surface area contributed by atoms with Crippen LogP contribution in [-0.2, 0) is 0 Å². The summed E-state index contributed by atoms with van der Waals surface area (Å²) in [4.78, 5) is 3.37. The fourth-order valence-electron chi connectivity index (χ4n) is 1.17. The first-order valence-electron chi connectivity index (χ1n) is 5.81. The van der Waals surface area contributed by atoms with Crippen molar-refractivity contribution in [1.29, 1.82) is 0 Å². The van der Waals surface area contributed by atoms with Gasteiger partial charge in [-0.25, -0.2) is 9.38 Å². The Balaban J connectivity index is 0.00000400. The molecule has 1 rings (SSSR count). The number of hydrogen-bond donors (Lipinski definition) is 0. The molecule has 0 aliphatic carbocycles. The molecule has 0 aliphatic heterocycles. The van der Waals surface area contributed by atoms with Crippen molar-refractivity contribution in [3.05, 3.63) is 41.9 Å². The van der Waals surface area contributed by atoms with Gasteiger partial charge in [0, 0.05) is 0 Å². The SMILES string of the molecule is CC(C)(C)/C([O-])=C/C(=Nc1ccc(F)cc1)C(F)(F)F.[K+]. The summed E-state index contributed by atoms with van der Waals surface area (Å²) in [7, 11) is 0. The number of aliphatic imine (C=N–C) groups is 1. The van der Waals surface area contributed by atoms with Gasteiger partial charge < -0.3 is 5.11 Å². The van der Waals surface area contributed by atoms with Crippen molar-refractivity contribution in [2.75, 3.05) is 0 Å². The average molecular weight is 327 g/mol. The Hall–Kier alpha value is -0.214. The number of alkyl halides is 3. The van der Waals surface area contributed by atoms with E-state index in [0.29, 0.717) is 6.08 Å². The molecule has 21 heavy (non-hydrogen) atoms. The molecule has 0 atom stereocenters. The first kappa shape index (κ1) is 20.8. The van der Waals surface area contributed by atoms with Crippen LogP contribution in [0.5, 0.6) is 0 Å². The van der Waals surface area contributed by atoms with E-state index >= 15 is 0 Å². The van der Waals surface area contributed by atoms with Gasteiger partial charge in [-0.05, 0) is 35.8 Å². The Bertz CT molecular complexity index is 527. The molecular formula is C14H14F4KNO. The minimum atomic E-state index is -4.75. The Morgan fingerprint density at radius 2 is 1.57 bits per heavy atom. The van der Waals surface area contributed by atoms with Gasteiger partial charge in [-0.3, -0.25) is 0 Å². The smallest absolute Gasteiger partial charge is 0.875 e. The number of rotatable bonds is 2. The topological polar surface area (TPSA) is 35.4 Å². The molecule has 2 nitrogen and oxygen atoms in total.